The lowest BCUT2D eigenvalue weighted by molar-refractivity contribution is -0.307. The zero-order chi connectivity index (χ0) is 16.8. The van der Waals surface area contributed by atoms with E-state index >= 15 is 0 Å². The molecule has 0 spiro atoms. The molecule has 0 amide bonds. The third kappa shape index (κ3) is 3.83. The van der Waals surface area contributed by atoms with E-state index in [1.165, 1.54) is 0 Å². The van der Waals surface area contributed by atoms with Crippen molar-refractivity contribution >= 4 is 28.8 Å². The van der Waals surface area contributed by atoms with Crippen LogP contribution in [-0.2, 0) is 4.79 Å². The highest BCUT2D eigenvalue weighted by atomic mass is 16.5. The molecule has 2 aromatic carbocycles. The summed E-state index contributed by atoms with van der Waals surface area (Å²) in [6.45, 7) is -0.477. The number of aliphatic carboxylic acids is 1. The van der Waals surface area contributed by atoms with Crippen LogP contribution in [0.15, 0.2) is 59.8 Å². The number of anilines is 1. The molecule has 120 valence electrons. The second kappa shape index (κ2) is 7.19. The zero-order valence-electron chi connectivity index (χ0n) is 12.5. The molecule has 0 saturated carbocycles. The summed E-state index contributed by atoms with van der Waals surface area (Å²) in [6, 6.07) is 14.6. The molecule has 7 nitrogen and oxygen atoms in total. The lowest BCUT2D eigenvalue weighted by atomic mass is 10.2. The summed E-state index contributed by atoms with van der Waals surface area (Å²) in [5.74, 6) is -0.247. The molecular weight excluding hydrogens is 308 g/mol. The molecule has 0 bridgehead atoms. The van der Waals surface area contributed by atoms with Crippen LogP contribution in [0, 0.1) is 0 Å². The van der Waals surface area contributed by atoms with Gasteiger partial charge in [0.15, 0.2) is 5.82 Å². The highest BCUT2D eigenvalue weighted by Crippen LogP contribution is 2.19. The molecule has 0 aliphatic carbocycles. The number of nitrogens with one attached hydrogen (secondary N) is 1. The van der Waals surface area contributed by atoms with Gasteiger partial charge < -0.3 is 14.6 Å². The first-order valence-electron chi connectivity index (χ1n) is 7.14. The number of aromatic nitrogens is 2. The van der Waals surface area contributed by atoms with Crippen molar-refractivity contribution in [3.8, 4) is 5.75 Å². The quantitative estimate of drug-likeness (QED) is 0.541. The van der Waals surface area contributed by atoms with Gasteiger partial charge in [-0.05, 0) is 29.8 Å². The van der Waals surface area contributed by atoms with Gasteiger partial charge in [-0.2, -0.15) is 10.2 Å². The smallest absolute Gasteiger partial charge is 0.176 e. The maximum absolute atomic E-state index is 10.3. The average Bonchev–Trinajstić information content (AvgIpc) is 2.61. The number of hydrogen-bond acceptors (Lipinski definition) is 7. The van der Waals surface area contributed by atoms with Gasteiger partial charge in [0.1, 0.15) is 12.4 Å². The molecule has 0 aliphatic rings. The molecule has 1 aromatic heterocycles. The molecule has 0 atom stereocenters. The van der Waals surface area contributed by atoms with Crippen molar-refractivity contribution in [3.05, 3.63) is 60.3 Å². The minimum atomic E-state index is -1.26. The van der Waals surface area contributed by atoms with E-state index in [-0.39, 0.29) is 0 Å². The lowest BCUT2D eigenvalue weighted by Gasteiger charge is -2.06. The molecule has 3 rings (SSSR count). The number of rotatable bonds is 6. The molecule has 0 fully saturated rings. The third-order valence-electron chi connectivity index (χ3n) is 3.19. The van der Waals surface area contributed by atoms with Crippen molar-refractivity contribution in [1.29, 1.82) is 0 Å². The number of hydrogen-bond donors (Lipinski definition) is 1. The molecular formula is C17H13N4O3-. The summed E-state index contributed by atoms with van der Waals surface area (Å²) in [6.07, 6.45) is 3.31. The number of carboxylic acid groups (broad SMARTS) is 1. The van der Waals surface area contributed by atoms with Gasteiger partial charge in [-0.1, -0.05) is 24.3 Å². The monoisotopic (exact) mass is 321 g/mol. The molecule has 3 aromatic rings. The van der Waals surface area contributed by atoms with Gasteiger partial charge in [0, 0.05) is 10.8 Å². The van der Waals surface area contributed by atoms with E-state index in [1.54, 1.807) is 36.7 Å². The van der Waals surface area contributed by atoms with Gasteiger partial charge >= 0.3 is 0 Å². The van der Waals surface area contributed by atoms with Crippen LogP contribution < -0.4 is 15.3 Å². The first-order valence-corrected chi connectivity index (χ1v) is 7.14. The topological polar surface area (TPSA) is 99.5 Å². The molecule has 0 unspecified atom stereocenters. The highest BCUT2D eigenvalue weighted by Gasteiger charge is 2.00. The fourth-order valence-corrected chi connectivity index (χ4v) is 2.07. The van der Waals surface area contributed by atoms with E-state index in [2.05, 4.69) is 20.7 Å². The standard InChI is InChI=1S/C17H14N4O3/c22-16(23)11-24-14-7-5-12(6-8-14)9-18-20-17-15-4-2-1-3-13(15)10-19-21-17/h1-10H,11H2,(H,20,21)(H,22,23)/p-1/b18-9-. The van der Waals surface area contributed by atoms with Crippen LogP contribution in [0.3, 0.4) is 0 Å². The van der Waals surface area contributed by atoms with E-state index in [0.717, 1.165) is 16.3 Å². The van der Waals surface area contributed by atoms with Crippen molar-refractivity contribution in [2.45, 2.75) is 0 Å². The Labute approximate surface area is 137 Å². The molecule has 0 radical (unpaired) electrons. The second-order valence-electron chi connectivity index (χ2n) is 4.88. The van der Waals surface area contributed by atoms with Gasteiger partial charge in [0.05, 0.1) is 18.4 Å². The number of carboxylic acids is 1. The maximum Gasteiger partial charge on any atom is 0.176 e. The van der Waals surface area contributed by atoms with Crippen molar-refractivity contribution in [2.75, 3.05) is 12.0 Å². The van der Waals surface area contributed by atoms with E-state index in [9.17, 15) is 9.90 Å². The van der Waals surface area contributed by atoms with E-state index in [4.69, 9.17) is 4.74 Å². The van der Waals surface area contributed by atoms with Crippen LogP contribution in [0.4, 0.5) is 5.82 Å². The average molecular weight is 321 g/mol. The molecule has 0 aliphatic heterocycles. The Morgan fingerprint density at radius 2 is 2.00 bits per heavy atom. The largest absolute Gasteiger partial charge is 0.546 e. The van der Waals surface area contributed by atoms with Gasteiger partial charge in [-0.25, -0.2) is 0 Å². The number of nitrogens with zero attached hydrogens (tertiary/aromatic N) is 3. The molecule has 7 heteroatoms. The van der Waals surface area contributed by atoms with E-state index in [0.29, 0.717) is 11.6 Å². The van der Waals surface area contributed by atoms with E-state index < -0.39 is 12.6 Å². The van der Waals surface area contributed by atoms with Gasteiger partial charge in [-0.3, -0.25) is 5.43 Å². The Kier molecular flexibility index (Phi) is 4.62. The van der Waals surface area contributed by atoms with Crippen LogP contribution in [0.2, 0.25) is 0 Å². The summed E-state index contributed by atoms with van der Waals surface area (Å²) in [5.41, 5.74) is 3.69. The van der Waals surface area contributed by atoms with Gasteiger partial charge in [-0.15, -0.1) is 5.10 Å². The highest BCUT2D eigenvalue weighted by molar-refractivity contribution is 5.91. The number of carbonyl (C=O) groups excluding carboxylic acids is 1. The Balaban J connectivity index is 1.66. The first-order chi connectivity index (χ1) is 11.7. The Morgan fingerprint density at radius 3 is 2.79 bits per heavy atom. The minimum absolute atomic E-state index is 0.448. The molecule has 1 heterocycles. The maximum atomic E-state index is 10.3. The fourth-order valence-electron chi connectivity index (χ4n) is 2.07. The summed E-state index contributed by atoms with van der Waals surface area (Å²) in [4.78, 5) is 10.3. The summed E-state index contributed by atoms with van der Waals surface area (Å²) >= 11 is 0. The molecule has 24 heavy (non-hydrogen) atoms. The Morgan fingerprint density at radius 1 is 1.21 bits per heavy atom. The number of carbonyl (C=O) groups is 1. The SMILES string of the molecule is O=C([O-])COc1ccc(/C=N\Nc2nncc3ccccc23)cc1. The summed E-state index contributed by atoms with van der Waals surface area (Å²) in [7, 11) is 0. The number of fused-ring (bicyclic) bond motifs is 1. The number of benzene rings is 2. The third-order valence-corrected chi connectivity index (χ3v) is 3.19. The van der Waals surface area contributed by atoms with Crippen molar-refractivity contribution in [1.82, 2.24) is 10.2 Å². The van der Waals surface area contributed by atoms with Crippen LogP contribution in [0.25, 0.3) is 10.8 Å². The van der Waals surface area contributed by atoms with E-state index in [1.807, 2.05) is 24.3 Å². The number of ether oxygens (including phenoxy) is 1. The van der Waals surface area contributed by atoms with Crippen LogP contribution in [-0.4, -0.2) is 29.0 Å². The predicted molar refractivity (Wildman–Crippen MR) is 87.7 cm³/mol. The van der Waals surface area contributed by atoms with Crippen LogP contribution in [0.5, 0.6) is 5.75 Å². The molecule has 0 saturated heterocycles. The summed E-state index contributed by atoms with van der Waals surface area (Å²) in [5, 5.41) is 24.3. The van der Waals surface area contributed by atoms with Gasteiger partial charge in [0.25, 0.3) is 0 Å². The number of hydrazone groups is 1. The normalized spacial score (nSPS) is 10.8. The predicted octanol–water partition coefficient (Wildman–Crippen LogP) is 1.20. The Bertz CT molecular complexity index is 873. The molecule has 1 N–H and O–H groups in total. The summed E-state index contributed by atoms with van der Waals surface area (Å²) < 4.78 is 5.00. The lowest BCUT2D eigenvalue weighted by Crippen LogP contribution is -2.28. The van der Waals surface area contributed by atoms with Crippen molar-refractivity contribution in [2.24, 2.45) is 5.10 Å². The first kappa shape index (κ1) is 15.4. The minimum Gasteiger partial charge on any atom is -0.546 e. The van der Waals surface area contributed by atoms with Crippen molar-refractivity contribution < 1.29 is 14.6 Å². The Hall–Kier alpha value is -3.48. The van der Waals surface area contributed by atoms with Crippen molar-refractivity contribution in [3.63, 3.8) is 0 Å². The second-order valence-corrected chi connectivity index (χ2v) is 4.88. The van der Waals surface area contributed by atoms with Crippen LogP contribution in [0.1, 0.15) is 5.56 Å². The fraction of sp³-hybridized carbons (Fsp3) is 0.0588. The van der Waals surface area contributed by atoms with Crippen LogP contribution >= 0.6 is 0 Å². The zero-order valence-corrected chi connectivity index (χ0v) is 12.5. The van der Waals surface area contributed by atoms with Gasteiger partial charge in [0.2, 0.25) is 0 Å².